The molecule has 1 unspecified atom stereocenters. The molecule has 4 nitrogen and oxygen atoms in total. The lowest BCUT2D eigenvalue weighted by molar-refractivity contribution is 0.640. The molecule has 0 saturated carbocycles. The zero-order chi connectivity index (χ0) is 13.2. The summed E-state index contributed by atoms with van der Waals surface area (Å²) in [6.45, 7) is 3.35. The van der Waals surface area contributed by atoms with E-state index in [0.717, 1.165) is 27.0 Å². The van der Waals surface area contributed by atoms with Gasteiger partial charge in [-0.15, -0.1) is 11.3 Å². The van der Waals surface area contributed by atoms with Crippen LogP contribution >= 0.6 is 34.9 Å². The van der Waals surface area contributed by atoms with Crippen LogP contribution < -0.4 is 4.90 Å². The highest BCUT2D eigenvalue weighted by Gasteiger charge is 2.22. The van der Waals surface area contributed by atoms with E-state index in [9.17, 15) is 0 Å². The van der Waals surface area contributed by atoms with E-state index >= 15 is 0 Å². The molecule has 0 amide bonds. The molecule has 1 aliphatic rings. The SMILES string of the molecule is CSc1nc2ncnc(N3CCSCCC3C)c2s1. The summed E-state index contributed by atoms with van der Waals surface area (Å²) in [6, 6.07) is 0.535. The first kappa shape index (κ1) is 13.5. The minimum atomic E-state index is 0.535. The van der Waals surface area contributed by atoms with Crippen LogP contribution in [-0.4, -0.2) is 45.3 Å². The van der Waals surface area contributed by atoms with Crippen LogP contribution in [0.15, 0.2) is 10.7 Å². The Bertz CT molecular complexity index is 571. The second-order valence-corrected chi connectivity index (χ2v) is 7.75. The van der Waals surface area contributed by atoms with Crippen LogP contribution in [0, 0.1) is 0 Å². The fraction of sp³-hybridized carbons (Fsp3) is 0.583. The summed E-state index contributed by atoms with van der Waals surface area (Å²) in [7, 11) is 0. The molecule has 3 heterocycles. The van der Waals surface area contributed by atoms with Crippen LogP contribution in [0.1, 0.15) is 13.3 Å². The van der Waals surface area contributed by atoms with Crippen LogP contribution in [-0.2, 0) is 0 Å². The van der Waals surface area contributed by atoms with Gasteiger partial charge in [0.1, 0.15) is 11.0 Å². The summed E-state index contributed by atoms with van der Waals surface area (Å²) >= 11 is 5.41. The first-order valence-corrected chi connectivity index (χ1v) is 9.49. The fourth-order valence-electron chi connectivity index (χ4n) is 2.22. The van der Waals surface area contributed by atoms with Crippen molar-refractivity contribution >= 4 is 51.0 Å². The molecule has 0 N–H and O–H groups in total. The second-order valence-electron chi connectivity index (χ2n) is 4.48. The maximum atomic E-state index is 4.54. The van der Waals surface area contributed by atoms with E-state index in [-0.39, 0.29) is 0 Å². The number of hydrogen-bond acceptors (Lipinski definition) is 7. The average Bonchev–Trinajstić information content (AvgIpc) is 2.74. The Morgan fingerprint density at radius 2 is 2.26 bits per heavy atom. The Hall–Kier alpha value is -0.530. The van der Waals surface area contributed by atoms with Crippen LogP contribution in [0.2, 0.25) is 0 Å². The number of aromatic nitrogens is 3. The standard InChI is InChI=1S/C12H16N4S3/c1-8-3-5-18-6-4-16(8)11-9-10(13-7-14-11)15-12(17-2)19-9/h7-8H,3-6H2,1-2H3. The van der Waals surface area contributed by atoms with Gasteiger partial charge in [-0.3, -0.25) is 0 Å². The quantitative estimate of drug-likeness (QED) is 0.794. The van der Waals surface area contributed by atoms with Crippen molar-refractivity contribution in [2.24, 2.45) is 0 Å². The molecular weight excluding hydrogens is 296 g/mol. The number of anilines is 1. The number of hydrogen-bond donors (Lipinski definition) is 0. The van der Waals surface area contributed by atoms with Gasteiger partial charge >= 0.3 is 0 Å². The third kappa shape index (κ3) is 2.68. The van der Waals surface area contributed by atoms with Gasteiger partial charge in [0, 0.05) is 18.3 Å². The van der Waals surface area contributed by atoms with Crippen LogP contribution in [0.25, 0.3) is 10.3 Å². The van der Waals surface area contributed by atoms with Crippen molar-refractivity contribution in [2.45, 2.75) is 23.7 Å². The Morgan fingerprint density at radius 3 is 3.11 bits per heavy atom. The highest BCUT2D eigenvalue weighted by atomic mass is 32.2. The molecule has 3 rings (SSSR count). The topological polar surface area (TPSA) is 41.9 Å². The molecule has 1 fully saturated rings. The van der Waals surface area contributed by atoms with Crippen LogP contribution in [0.4, 0.5) is 5.82 Å². The van der Waals surface area contributed by atoms with Crippen molar-refractivity contribution in [3.63, 3.8) is 0 Å². The van der Waals surface area contributed by atoms with Crippen molar-refractivity contribution in [1.29, 1.82) is 0 Å². The highest BCUT2D eigenvalue weighted by molar-refractivity contribution is 8.00. The molecule has 102 valence electrons. The summed E-state index contributed by atoms with van der Waals surface area (Å²) in [5.74, 6) is 3.48. The van der Waals surface area contributed by atoms with E-state index in [1.54, 1.807) is 29.4 Å². The van der Waals surface area contributed by atoms with Gasteiger partial charge in [-0.25, -0.2) is 15.0 Å². The second kappa shape index (κ2) is 5.85. The van der Waals surface area contributed by atoms with Gasteiger partial charge in [-0.2, -0.15) is 11.8 Å². The third-order valence-corrected chi connectivity index (χ3v) is 6.31. The molecule has 7 heteroatoms. The van der Waals surface area contributed by atoms with E-state index in [0.29, 0.717) is 6.04 Å². The average molecular weight is 312 g/mol. The molecule has 19 heavy (non-hydrogen) atoms. The zero-order valence-electron chi connectivity index (χ0n) is 11.0. The molecule has 0 spiro atoms. The Kier molecular flexibility index (Phi) is 4.14. The zero-order valence-corrected chi connectivity index (χ0v) is 13.4. The fourth-order valence-corrected chi connectivity index (χ4v) is 4.78. The lowest BCUT2D eigenvalue weighted by Gasteiger charge is -2.27. The molecule has 0 aromatic carbocycles. The van der Waals surface area contributed by atoms with Crippen molar-refractivity contribution in [1.82, 2.24) is 15.0 Å². The number of thioether (sulfide) groups is 2. The van der Waals surface area contributed by atoms with E-state index in [2.05, 4.69) is 33.0 Å². The van der Waals surface area contributed by atoms with E-state index in [1.807, 2.05) is 11.8 Å². The minimum Gasteiger partial charge on any atom is -0.352 e. The maximum Gasteiger partial charge on any atom is 0.176 e. The normalized spacial score (nSPS) is 20.7. The van der Waals surface area contributed by atoms with Gasteiger partial charge < -0.3 is 4.90 Å². The molecule has 0 bridgehead atoms. The molecule has 1 saturated heterocycles. The third-order valence-electron chi connectivity index (χ3n) is 3.29. The predicted octanol–water partition coefficient (Wildman–Crippen LogP) is 3.14. The predicted molar refractivity (Wildman–Crippen MR) is 85.7 cm³/mol. The van der Waals surface area contributed by atoms with Crippen LogP contribution in [0.3, 0.4) is 0 Å². The molecule has 1 atom stereocenters. The Balaban J connectivity index is 2.05. The molecular formula is C12H16N4S3. The molecule has 2 aromatic rings. The van der Waals surface area contributed by atoms with Gasteiger partial charge in [-0.1, -0.05) is 11.8 Å². The number of thiazole rings is 1. The summed E-state index contributed by atoms with van der Waals surface area (Å²) < 4.78 is 2.19. The van der Waals surface area contributed by atoms with Gasteiger partial charge in [0.15, 0.2) is 15.8 Å². The first-order valence-electron chi connectivity index (χ1n) is 6.29. The first-order chi connectivity index (χ1) is 9.29. The van der Waals surface area contributed by atoms with Crippen molar-refractivity contribution < 1.29 is 0 Å². The number of rotatable bonds is 2. The summed E-state index contributed by atoms with van der Waals surface area (Å²) in [5.41, 5.74) is 0.837. The van der Waals surface area contributed by atoms with Crippen LogP contribution in [0.5, 0.6) is 0 Å². The van der Waals surface area contributed by atoms with Gasteiger partial charge in [0.2, 0.25) is 0 Å². The Labute approximate surface area is 125 Å². The van der Waals surface area contributed by atoms with Gasteiger partial charge in [-0.05, 0) is 25.4 Å². The molecule has 0 aliphatic carbocycles. The van der Waals surface area contributed by atoms with E-state index < -0.39 is 0 Å². The molecule has 1 aliphatic heterocycles. The Morgan fingerprint density at radius 1 is 1.37 bits per heavy atom. The van der Waals surface area contributed by atoms with Gasteiger partial charge in [0.05, 0.1) is 0 Å². The van der Waals surface area contributed by atoms with Crippen molar-refractivity contribution in [2.75, 3.05) is 29.2 Å². The maximum absolute atomic E-state index is 4.54. The van der Waals surface area contributed by atoms with E-state index in [4.69, 9.17) is 0 Å². The lowest BCUT2D eigenvalue weighted by atomic mass is 10.2. The monoisotopic (exact) mass is 312 g/mol. The smallest absolute Gasteiger partial charge is 0.176 e. The molecule has 0 radical (unpaired) electrons. The highest BCUT2D eigenvalue weighted by Crippen LogP contribution is 2.34. The summed E-state index contributed by atoms with van der Waals surface area (Å²) in [6.07, 6.45) is 4.91. The van der Waals surface area contributed by atoms with E-state index in [1.165, 1.54) is 17.9 Å². The largest absolute Gasteiger partial charge is 0.352 e. The summed E-state index contributed by atoms with van der Waals surface area (Å²) in [5, 5.41) is 0. The van der Waals surface area contributed by atoms with Crippen molar-refractivity contribution in [3.8, 4) is 0 Å². The summed E-state index contributed by atoms with van der Waals surface area (Å²) in [4.78, 5) is 15.8. The number of nitrogens with zero attached hydrogens (tertiary/aromatic N) is 4. The minimum absolute atomic E-state index is 0.535. The lowest BCUT2D eigenvalue weighted by Crippen LogP contribution is -2.34. The molecule has 2 aromatic heterocycles. The number of fused-ring (bicyclic) bond motifs is 1. The van der Waals surface area contributed by atoms with Gasteiger partial charge in [0.25, 0.3) is 0 Å². The van der Waals surface area contributed by atoms with Crippen molar-refractivity contribution in [3.05, 3.63) is 6.33 Å².